The van der Waals surface area contributed by atoms with Gasteiger partial charge in [0.2, 0.25) is 5.91 Å². The number of ketones is 1. The van der Waals surface area contributed by atoms with Crippen molar-refractivity contribution in [1.82, 2.24) is 9.88 Å². The fraction of sp³-hybridized carbons (Fsp3) is 0.280. The van der Waals surface area contributed by atoms with Crippen LogP contribution in [0.25, 0.3) is 26.9 Å². The highest BCUT2D eigenvalue weighted by Crippen LogP contribution is 2.34. The van der Waals surface area contributed by atoms with E-state index in [1.807, 2.05) is 30.3 Å². The first-order chi connectivity index (χ1) is 15.7. The minimum Gasteiger partial charge on any atom is -0.294 e. The number of aromatic nitrogens is 1. The SMILES string of the molecule is [C-]#[N+][C@@H]1CC(F)(F)CN1C(=O)[C@@H](C)CC(=O)c1ccnc2ccc(-c3ccc(Cl)cc3)cc12. The zero-order valence-electron chi connectivity index (χ0n) is 17.8. The summed E-state index contributed by atoms with van der Waals surface area (Å²) in [5.74, 6) is -4.82. The Balaban J connectivity index is 1.59. The van der Waals surface area contributed by atoms with Gasteiger partial charge in [0.05, 0.1) is 12.1 Å². The lowest BCUT2D eigenvalue weighted by Gasteiger charge is -2.20. The van der Waals surface area contributed by atoms with Gasteiger partial charge in [-0.05, 0) is 41.5 Å². The van der Waals surface area contributed by atoms with Crippen molar-refractivity contribution < 1.29 is 18.4 Å². The highest BCUT2D eigenvalue weighted by atomic mass is 35.5. The van der Waals surface area contributed by atoms with Crippen molar-refractivity contribution in [2.75, 3.05) is 6.54 Å². The Bertz CT molecular complexity index is 1270. The molecule has 2 heterocycles. The molecular formula is C25H20ClF2N3O2. The number of alkyl halides is 2. The van der Waals surface area contributed by atoms with E-state index in [-0.39, 0.29) is 12.2 Å². The minimum atomic E-state index is -3.09. The summed E-state index contributed by atoms with van der Waals surface area (Å²) in [5, 5.41) is 1.26. The number of pyridine rings is 1. The number of halogens is 3. The summed E-state index contributed by atoms with van der Waals surface area (Å²) in [6, 6.07) is 14.5. The molecule has 5 nitrogen and oxygen atoms in total. The maximum Gasteiger partial charge on any atom is 0.306 e. The Hall–Kier alpha value is -3.37. The highest BCUT2D eigenvalue weighted by molar-refractivity contribution is 6.30. The van der Waals surface area contributed by atoms with Crippen LogP contribution in [-0.4, -0.2) is 40.2 Å². The Morgan fingerprint density at radius 3 is 2.61 bits per heavy atom. The molecule has 1 fully saturated rings. The predicted octanol–water partition coefficient (Wildman–Crippen LogP) is 5.88. The van der Waals surface area contributed by atoms with Crippen LogP contribution >= 0.6 is 11.6 Å². The topological polar surface area (TPSA) is 54.6 Å². The zero-order chi connectivity index (χ0) is 23.8. The molecule has 1 amide bonds. The third-order valence-corrected chi connectivity index (χ3v) is 6.06. The number of Topliss-reactive ketones (excluding diaryl/α,β-unsaturated/α-hetero) is 1. The summed E-state index contributed by atoms with van der Waals surface area (Å²) < 4.78 is 27.5. The summed E-state index contributed by atoms with van der Waals surface area (Å²) in [7, 11) is 0. The number of carbonyl (C=O) groups excluding carboxylic acids is 2. The Labute approximate surface area is 194 Å². The van der Waals surface area contributed by atoms with E-state index >= 15 is 0 Å². The molecule has 1 aliphatic rings. The normalized spacial score (nSPS) is 18.2. The first-order valence-electron chi connectivity index (χ1n) is 10.4. The van der Waals surface area contributed by atoms with Crippen LogP contribution in [0.2, 0.25) is 5.02 Å². The molecule has 1 aromatic heterocycles. The standard InChI is InChI=1S/C25H20ClF2N3O2/c1-15(24(33)31-14-25(27,28)13-23(31)29-2)11-22(32)19-9-10-30-21-8-5-17(12-20(19)21)16-3-6-18(26)7-4-16/h3-10,12,15,23H,11,13-14H2,1H3/t15-,23-/m0/s1. The minimum absolute atomic E-state index is 0.157. The van der Waals surface area contributed by atoms with Gasteiger partial charge < -0.3 is 0 Å². The van der Waals surface area contributed by atoms with Gasteiger partial charge in [-0.1, -0.05) is 36.7 Å². The fourth-order valence-corrected chi connectivity index (χ4v) is 4.23. The molecule has 0 aliphatic carbocycles. The van der Waals surface area contributed by atoms with Gasteiger partial charge in [0.25, 0.3) is 5.92 Å². The molecular weight excluding hydrogens is 448 g/mol. The van der Waals surface area contributed by atoms with Crippen LogP contribution in [0.4, 0.5) is 8.78 Å². The second kappa shape index (κ2) is 8.87. The third-order valence-electron chi connectivity index (χ3n) is 5.81. The van der Waals surface area contributed by atoms with Gasteiger partial charge in [0.15, 0.2) is 5.78 Å². The van der Waals surface area contributed by atoms with Crippen LogP contribution in [0.5, 0.6) is 0 Å². The van der Waals surface area contributed by atoms with Gasteiger partial charge >= 0.3 is 6.17 Å². The highest BCUT2D eigenvalue weighted by Gasteiger charge is 2.51. The Morgan fingerprint density at radius 1 is 1.21 bits per heavy atom. The van der Waals surface area contributed by atoms with Crippen LogP contribution in [-0.2, 0) is 4.79 Å². The van der Waals surface area contributed by atoms with E-state index in [0.29, 0.717) is 21.5 Å². The first-order valence-corrected chi connectivity index (χ1v) is 10.8. The number of benzene rings is 2. The molecule has 4 rings (SSSR count). The molecule has 33 heavy (non-hydrogen) atoms. The van der Waals surface area contributed by atoms with E-state index < -0.39 is 36.9 Å². The van der Waals surface area contributed by atoms with Crippen LogP contribution in [0.15, 0.2) is 54.7 Å². The molecule has 0 saturated carbocycles. The Kier molecular flexibility index (Phi) is 6.13. The van der Waals surface area contributed by atoms with Crippen molar-refractivity contribution in [2.45, 2.75) is 31.9 Å². The van der Waals surface area contributed by atoms with Gasteiger partial charge in [0, 0.05) is 34.5 Å². The average Bonchev–Trinajstić information content (AvgIpc) is 3.12. The van der Waals surface area contributed by atoms with Gasteiger partial charge in [-0.15, -0.1) is 0 Å². The van der Waals surface area contributed by atoms with E-state index in [9.17, 15) is 18.4 Å². The quantitative estimate of drug-likeness (QED) is 0.348. The van der Waals surface area contributed by atoms with Gasteiger partial charge in [-0.25, -0.2) is 15.4 Å². The maximum atomic E-state index is 13.7. The monoisotopic (exact) mass is 467 g/mol. The molecule has 2 aromatic carbocycles. The predicted molar refractivity (Wildman–Crippen MR) is 122 cm³/mol. The number of hydrogen-bond acceptors (Lipinski definition) is 3. The zero-order valence-corrected chi connectivity index (χ0v) is 18.5. The molecule has 2 atom stereocenters. The lowest BCUT2D eigenvalue weighted by atomic mass is 9.94. The number of amides is 1. The second-order valence-electron chi connectivity index (χ2n) is 8.26. The molecule has 3 aromatic rings. The summed E-state index contributed by atoms with van der Waals surface area (Å²) in [4.78, 5) is 34.3. The molecule has 1 saturated heterocycles. The van der Waals surface area contributed by atoms with Crippen LogP contribution < -0.4 is 0 Å². The van der Waals surface area contributed by atoms with E-state index in [0.717, 1.165) is 16.0 Å². The van der Waals surface area contributed by atoms with E-state index in [2.05, 4.69) is 9.83 Å². The Morgan fingerprint density at radius 2 is 1.91 bits per heavy atom. The molecule has 8 heteroatoms. The summed E-state index contributed by atoms with van der Waals surface area (Å²) >= 11 is 5.97. The van der Waals surface area contributed by atoms with E-state index in [1.165, 1.54) is 13.1 Å². The van der Waals surface area contributed by atoms with Crippen molar-refractivity contribution >= 4 is 34.2 Å². The maximum absolute atomic E-state index is 13.7. The van der Waals surface area contributed by atoms with Crippen LogP contribution in [0, 0.1) is 12.5 Å². The second-order valence-corrected chi connectivity index (χ2v) is 8.70. The number of likely N-dealkylation sites (tertiary alicyclic amines) is 1. The third kappa shape index (κ3) is 4.71. The van der Waals surface area contributed by atoms with Gasteiger partial charge in [-0.2, -0.15) is 0 Å². The fourth-order valence-electron chi connectivity index (χ4n) is 4.11. The summed E-state index contributed by atoms with van der Waals surface area (Å²) in [6.07, 6.45) is -0.504. The van der Waals surface area contributed by atoms with Crippen molar-refractivity contribution in [3.8, 4) is 11.1 Å². The molecule has 0 unspecified atom stereocenters. The number of carbonyl (C=O) groups is 2. The molecule has 0 bridgehead atoms. The van der Waals surface area contributed by atoms with Crippen molar-refractivity contribution in [3.05, 3.63) is 76.7 Å². The summed E-state index contributed by atoms with van der Waals surface area (Å²) in [6.45, 7) is 7.86. The number of fused-ring (bicyclic) bond motifs is 1. The van der Waals surface area contributed by atoms with Crippen molar-refractivity contribution in [2.24, 2.45) is 5.92 Å². The van der Waals surface area contributed by atoms with Gasteiger partial charge in [-0.3, -0.25) is 24.3 Å². The molecule has 1 aliphatic heterocycles. The molecule has 168 valence electrons. The summed E-state index contributed by atoms with van der Waals surface area (Å²) in [5.41, 5.74) is 2.84. The van der Waals surface area contributed by atoms with E-state index in [1.54, 1.807) is 18.2 Å². The average molecular weight is 468 g/mol. The smallest absolute Gasteiger partial charge is 0.294 e. The van der Waals surface area contributed by atoms with Crippen molar-refractivity contribution in [3.63, 3.8) is 0 Å². The van der Waals surface area contributed by atoms with Crippen molar-refractivity contribution in [1.29, 1.82) is 0 Å². The van der Waals surface area contributed by atoms with E-state index in [4.69, 9.17) is 18.2 Å². The number of hydrogen-bond donors (Lipinski definition) is 0. The van der Waals surface area contributed by atoms with Crippen LogP contribution in [0.3, 0.4) is 0 Å². The first kappa shape index (κ1) is 22.8. The molecule has 0 radical (unpaired) electrons. The lowest BCUT2D eigenvalue weighted by Crippen LogP contribution is -2.39. The van der Waals surface area contributed by atoms with Crippen LogP contribution in [0.1, 0.15) is 30.1 Å². The molecule has 0 N–H and O–H groups in total. The number of rotatable bonds is 5. The lowest BCUT2D eigenvalue weighted by molar-refractivity contribution is -0.136. The number of nitrogens with zero attached hydrogens (tertiary/aromatic N) is 3. The largest absolute Gasteiger partial charge is 0.306 e. The van der Waals surface area contributed by atoms with Gasteiger partial charge in [0.1, 0.15) is 6.42 Å². The molecule has 0 spiro atoms.